The van der Waals surface area contributed by atoms with E-state index in [4.69, 9.17) is 0 Å². The first-order valence-corrected chi connectivity index (χ1v) is 5.48. The van der Waals surface area contributed by atoms with Crippen molar-refractivity contribution in [2.75, 3.05) is 6.54 Å². The molecule has 0 saturated heterocycles. The molecule has 0 aliphatic heterocycles. The number of aryl methyl sites for hydroxylation is 1. The van der Waals surface area contributed by atoms with Crippen LogP contribution in [0.15, 0.2) is 12.4 Å². The van der Waals surface area contributed by atoms with Gasteiger partial charge in [-0.1, -0.05) is 6.42 Å². The molecule has 0 radical (unpaired) electrons. The molecule has 1 atom stereocenters. The molecule has 1 aromatic heterocycles. The van der Waals surface area contributed by atoms with Gasteiger partial charge in [0.05, 0.1) is 6.04 Å². The highest BCUT2D eigenvalue weighted by molar-refractivity contribution is 4.97. The molecule has 1 aliphatic carbocycles. The molecule has 1 heterocycles. The van der Waals surface area contributed by atoms with Crippen LogP contribution in [0.3, 0.4) is 0 Å². The molecule has 14 heavy (non-hydrogen) atoms. The Hall–Kier alpha value is -0.830. The fourth-order valence-corrected chi connectivity index (χ4v) is 1.93. The molecule has 1 unspecified atom stereocenters. The zero-order valence-electron chi connectivity index (χ0n) is 9.03. The van der Waals surface area contributed by atoms with Crippen molar-refractivity contribution >= 4 is 0 Å². The zero-order valence-corrected chi connectivity index (χ0v) is 9.03. The predicted molar refractivity (Wildman–Crippen MR) is 57.0 cm³/mol. The molecule has 2 rings (SSSR count). The van der Waals surface area contributed by atoms with E-state index >= 15 is 0 Å². The summed E-state index contributed by atoms with van der Waals surface area (Å²) in [6.45, 7) is 3.33. The minimum absolute atomic E-state index is 0.371. The van der Waals surface area contributed by atoms with E-state index in [0.717, 1.165) is 18.3 Å². The highest BCUT2D eigenvalue weighted by atomic mass is 15.1. The normalized spacial score (nSPS) is 19.3. The molecule has 3 nitrogen and oxygen atoms in total. The van der Waals surface area contributed by atoms with Crippen LogP contribution in [0.4, 0.5) is 0 Å². The van der Waals surface area contributed by atoms with Gasteiger partial charge in [-0.3, -0.25) is 0 Å². The van der Waals surface area contributed by atoms with E-state index in [1.165, 1.54) is 19.3 Å². The lowest BCUT2D eigenvalue weighted by molar-refractivity contribution is 0.290. The van der Waals surface area contributed by atoms with Gasteiger partial charge in [0.25, 0.3) is 0 Å². The minimum Gasteiger partial charge on any atom is -0.337 e. The Kier molecular flexibility index (Phi) is 2.87. The van der Waals surface area contributed by atoms with Crippen molar-refractivity contribution in [2.24, 2.45) is 13.0 Å². The molecule has 0 spiro atoms. The van der Waals surface area contributed by atoms with Crippen molar-refractivity contribution in [2.45, 2.75) is 32.2 Å². The topological polar surface area (TPSA) is 29.9 Å². The van der Waals surface area contributed by atoms with E-state index in [1.54, 1.807) is 0 Å². The second-order valence-corrected chi connectivity index (χ2v) is 4.32. The van der Waals surface area contributed by atoms with Gasteiger partial charge in [0.1, 0.15) is 5.82 Å². The number of nitrogens with one attached hydrogen (secondary N) is 1. The van der Waals surface area contributed by atoms with E-state index in [0.29, 0.717) is 6.04 Å². The molecular formula is C11H19N3. The van der Waals surface area contributed by atoms with E-state index in [2.05, 4.69) is 21.8 Å². The first-order chi connectivity index (χ1) is 6.77. The first-order valence-electron chi connectivity index (χ1n) is 5.48. The second kappa shape index (κ2) is 4.13. The number of rotatable bonds is 4. The maximum Gasteiger partial charge on any atom is 0.125 e. The Labute approximate surface area is 85.5 Å². The summed E-state index contributed by atoms with van der Waals surface area (Å²) >= 11 is 0. The molecule has 0 amide bonds. The van der Waals surface area contributed by atoms with Gasteiger partial charge >= 0.3 is 0 Å². The number of hydrogen-bond acceptors (Lipinski definition) is 2. The summed E-state index contributed by atoms with van der Waals surface area (Å²) in [5, 5.41) is 3.54. The van der Waals surface area contributed by atoms with Crippen LogP contribution in [0.2, 0.25) is 0 Å². The molecule has 1 N–H and O–H groups in total. The summed E-state index contributed by atoms with van der Waals surface area (Å²) in [7, 11) is 2.05. The molecule has 1 aromatic rings. The SMILES string of the molecule is CC(NCC1CCC1)c1nccn1C. The summed E-state index contributed by atoms with van der Waals surface area (Å²) in [6, 6.07) is 0.371. The van der Waals surface area contributed by atoms with E-state index in [-0.39, 0.29) is 0 Å². The largest absolute Gasteiger partial charge is 0.337 e. The Morgan fingerprint density at radius 3 is 2.93 bits per heavy atom. The van der Waals surface area contributed by atoms with E-state index in [9.17, 15) is 0 Å². The van der Waals surface area contributed by atoms with Crippen LogP contribution in [0, 0.1) is 5.92 Å². The van der Waals surface area contributed by atoms with Crippen LogP contribution in [-0.2, 0) is 7.05 Å². The standard InChI is InChI=1S/C11H19N3/c1-9(11-12-6-7-14(11)2)13-8-10-4-3-5-10/h6-7,9-10,13H,3-5,8H2,1-2H3. The van der Waals surface area contributed by atoms with E-state index in [1.807, 2.05) is 19.4 Å². The van der Waals surface area contributed by atoms with Crippen molar-refractivity contribution in [3.05, 3.63) is 18.2 Å². The van der Waals surface area contributed by atoms with Crippen molar-refractivity contribution in [1.82, 2.24) is 14.9 Å². The Morgan fingerprint density at radius 2 is 2.43 bits per heavy atom. The Morgan fingerprint density at radius 1 is 1.64 bits per heavy atom. The van der Waals surface area contributed by atoms with Crippen LogP contribution < -0.4 is 5.32 Å². The molecule has 78 valence electrons. The van der Waals surface area contributed by atoms with Crippen molar-refractivity contribution in [1.29, 1.82) is 0 Å². The van der Waals surface area contributed by atoms with Gasteiger partial charge in [-0.15, -0.1) is 0 Å². The highest BCUT2D eigenvalue weighted by Crippen LogP contribution is 2.25. The summed E-state index contributed by atoms with van der Waals surface area (Å²) in [4.78, 5) is 4.34. The van der Waals surface area contributed by atoms with E-state index < -0.39 is 0 Å². The van der Waals surface area contributed by atoms with Gasteiger partial charge in [0.15, 0.2) is 0 Å². The second-order valence-electron chi connectivity index (χ2n) is 4.32. The molecule has 1 fully saturated rings. The van der Waals surface area contributed by atoms with Crippen LogP contribution in [0.1, 0.15) is 38.1 Å². The van der Waals surface area contributed by atoms with Gasteiger partial charge in [-0.05, 0) is 32.2 Å². The van der Waals surface area contributed by atoms with Gasteiger partial charge in [-0.25, -0.2) is 4.98 Å². The van der Waals surface area contributed by atoms with Gasteiger partial charge < -0.3 is 9.88 Å². The monoisotopic (exact) mass is 193 g/mol. The Bertz CT molecular complexity index is 288. The number of nitrogens with zero attached hydrogens (tertiary/aromatic N) is 2. The number of hydrogen-bond donors (Lipinski definition) is 1. The fraction of sp³-hybridized carbons (Fsp3) is 0.727. The van der Waals surface area contributed by atoms with Crippen molar-refractivity contribution in [3.63, 3.8) is 0 Å². The van der Waals surface area contributed by atoms with Crippen LogP contribution in [0.5, 0.6) is 0 Å². The molecule has 0 bridgehead atoms. The Balaban J connectivity index is 1.82. The third-order valence-corrected chi connectivity index (χ3v) is 3.18. The van der Waals surface area contributed by atoms with Gasteiger partial charge in [0.2, 0.25) is 0 Å². The lowest BCUT2D eigenvalue weighted by Gasteiger charge is -2.27. The quantitative estimate of drug-likeness (QED) is 0.791. The molecule has 1 aliphatic rings. The highest BCUT2D eigenvalue weighted by Gasteiger charge is 2.18. The minimum atomic E-state index is 0.371. The average Bonchev–Trinajstić information content (AvgIpc) is 2.48. The molecule has 1 saturated carbocycles. The lowest BCUT2D eigenvalue weighted by Crippen LogP contribution is -2.30. The van der Waals surface area contributed by atoms with Crippen LogP contribution >= 0.6 is 0 Å². The maximum atomic E-state index is 4.34. The van der Waals surface area contributed by atoms with Gasteiger partial charge in [-0.2, -0.15) is 0 Å². The van der Waals surface area contributed by atoms with Crippen LogP contribution in [0.25, 0.3) is 0 Å². The third kappa shape index (κ3) is 1.98. The van der Waals surface area contributed by atoms with Crippen molar-refractivity contribution in [3.8, 4) is 0 Å². The number of aromatic nitrogens is 2. The summed E-state index contributed by atoms with van der Waals surface area (Å²) < 4.78 is 2.08. The molecule has 0 aromatic carbocycles. The first kappa shape index (κ1) is 9.71. The van der Waals surface area contributed by atoms with Gasteiger partial charge in [0, 0.05) is 19.4 Å². The zero-order chi connectivity index (χ0) is 9.97. The fourth-order valence-electron chi connectivity index (χ4n) is 1.93. The summed E-state index contributed by atoms with van der Waals surface area (Å²) in [6.07, 6.45) is 8.08. The smallest absolute Gasteiger partial charge is 0.125 e. The number of imidazole rings is 1. The van der Waals surface area contributed by atoms with Crippen LogP contribution in [-0.4, -0.2) is 16.1 Å². The van der Waals surface area contributed by atoms with Crippen molar-refractivity contribution < 1.29 is 0 Å². The molecule has 3 heteroatoms. The summed E-state index contributed by atoms with van der Waals surface area (Å²) in [5.41, 5.74) is 0. The summed E-state index contributed by atoms with van der Waals surface area (Å²) in [5.74, 6) is 2.04. The molecular weight excluding hydrogens is 174 g/mol. The lowest BCUT2D eigenvalue weighted by atomic mass is 9.85. The predicted octanol–water partition coefficient (Wildman–Crippen LogP) is 1.87. The maximum absolute atomic E-state index is 4.34. The average molecular weight is 193 g/mol. The third-order valence-electron chi connectivity index (χ3n) is 3.18.